The van der Waals surface area contributed by atoms with Crippen molar-refractivity contribution in [2.24, 2.45) is 0 Å². The summed E-state index contributed by atoms with van der Waals surface area (Å²) in [5.74, 6) is -0.403. The van der Waals surface area contributed by atoms with Gasteiger partial charge in [0.05, 0.1) is 0 Å². The minimum atomic E-state index is -0.534. The molecule has 1 aromatic heterocycles. The number of fused-ring (bicyclic) bond motifs is 1. The SMILES string of the molecule is [B]c1ccc2c(c1)c(C(C)=O)cn2CC(=O)OC(C)(C)C. The summed E-state index contributed by atoms with van der Waals surface area (Å²) in [5, 5.41) is 0.756. The first kappa shape index (κ1) is 15.4. The van der Waals surface area contributed by atoms with E-state index >= 15 is 0 Å². The van der Waals surface area contributed by atoms with E-state index in [1.165, 1.54) is 6.92 Å². The van der Waals surface area contributed by atoms with Crippen molar-refractivity contribution in [3.8, 4) is 0 Å². The molecule has 0 amide bonds. The fourth-order valence-corrected chi connectivity index (χ4v) is 2.24. The first-order valence-electron chi connectivity index (χ1n) is 6.78. The lowest BCUT2D eigenvalue weighted by molar-refractivity contribution is -0.155. The summed E-state index contributed by atoms with van der Waals surface area (Å²) in [6.07, 6.45) is 1.68. The average Bonchev–Trinajstić information content (AvgIpc) is 2.64. The molecule has 2 rings (SSSR count). The van der Waals surface area contributed by atoms with Crippen LogP contribution in [0.25, 0.3) is 10.9 Å². The molecule has 2 aromatic rings. The van der Waals surface area contributed by atoms with Gasteiger partial charge in [-0.15, -0.1) is 0 Å². The Morgan fingerprint density at radius 1 is 1.29 bits per heavy atom. The number of hydrogen-bond donors (Lipinski definition) is 0. The number of carbonyl (C=O) groups is 2. The molecular weight excluding hydrogens is 265 g/mol. The van der Waals surface area contributed by atoms with Gasteiger partial charge in [-0.2, -0.15) is 0 Å². The van der Waals surface area contributed by atoms with Crippen molar-refractivity contribution in [2.45, 2.75) is 39.8 Å². The number of Topliss-reactive ketones (excluding diaryl/α,β-unsaturated/α-hetero) is 1. The van der Waals surface area contributed by atoms with Gasteiger partial charge in [-0.25, -0.2) is 0 Å². The molecule has 0 aliphatic carbocycles. The molecule has 0 spiro atoms. The van der Waals surface area contributed by atoms with Crippen LogP contribution < -0.4 is 5.46 Å². The van der Waals surface area contributed by atoms with E-state index in [1.807, 2.05) is 26.8 Å². The molecule has 2 radical (unpaired) electrons. The van der Waals surface area contributed by atoms with Gasteiger partial charge < -0.3 is 9.30 Å². The fraction of sp³-hybridized carbons (Fsp3) is 0.375. The van der Waals surface area contributed by atoms with Crippen LogP contribution in [0.2, 0.25) is 0 Å². The van der Waals surface area contributed by atoms with Crippen LogP contribution in [0.3, 0.4) is 0 Å². The number of carbonyl (C=O) groups excluding carboxylic acids is 2. The highest BCUT2D eigenvalue weighted by molar-refractivity contribution is 6.33. The molecule has 0 N–H and O–H groups in total. The number of nitrogens with zero attached hydrogens (tertiary/aromatic N) is 1. The molecule has 0 saturated carbocycles. The standard InChI is InChI=1S/C16H18BNO3/c1-10(19)13-8-18(9-15(20)21-16(2,3)4)14-6-5-11(17)7-12(13)14/h5-8H,9H2,1-4H3. The van der Waals surface area contributed by atoms with Gasteiger partial charge in [-0.05, 0) is 33.8 Å². The maximum Gasteiger partial charge on any atom is 0.326 e. The highest BCUT2D eigenvalue weighted by Gasteiger charge is 2.19. The smallest absolute Gasteiger partial charge is 0.326 e. The molecule has 0 aliphatic rings. The van der Waals surface area contributed by atoms with Crippen LogP contribution in [0, 0.1) is 0 Å². The zero-order valence-electron chi connectivity index (χ0n) is 12.8. The van der Waals surface area contributed by atoms with E-state index in [-0.39, 0.29) is 18.3 Å². The quantitative estimate of drug-likeness (QED) is 0.491. The van der Waals surface area contributed by atoms with Gasteiger partial charge in [-0.1, -0.05) is 17.6 Å². The summed E-state index contributed by atoms with van der Waals surface area (Å²) in [6.45, 7) is 7.02. The maximum atomic E-state index is 12.0. The molecule has 0 unspecified atom stereocenters. The molecule has 0 saturated heterocycles. The predicted octanol–water partition coefficient (Wildman–Crippen LogP) is 1.98. The molecule has 108 valence electrons. The average molecular weight is 283 g/mol. The lowest BCUT2D eigenvalue weighted by atomic mass is 9.94. The van der Waals surface area contributed by atoms with Crippen LogP contribution >= 0.6 is 0 Å². The van der Waals surface area contributed by atoms with E-state index in [0.717, 1.165) is 10.9 Å². The van der Waals surface area contributed by atoms with E-state index in [2.05, 4.69) is 0 Å². The van der Waals surface area contributed by atoms with Gasteiger partial charge in [0, 0.05) is 22.7 Å². The molecule has 1 heterocycles. The lowest BCUT2D eigenvalue weighted by Crippen LogP contribution is -2.26. The van der Waals surface area contributed by atoms with Gasteiger partial charge in [0.25, 0.3) is 0 Å². The Balaban J connectivity index is 2.41. The van der Waals surface area contributed by atoms with Crippen molar-refractivity contribution in [3.63, 3.8) is 0 Å². The molecule has 1 aromatic carbocycles. The zero-order valence-corrected chi connectivity index (χ0v) is 12.8. The third kappa shape index (κ3) is 3.54. The summed E-state index contributed by atoms with van der Waals surface area (Å²) in [7, 11) is 5.77. The number of ketones is 1. The predicted molar refractivity (Wildman–Crippen MR) is 83.2 cm³/mol. The molecule has 0 fully saturated rings. The third-order valence-electron chi connectivity index (χ3n) is 3.00. The van der Waals surface area contributed by atoms with Gasteiger partial charge in [0.15, 0.2) is 5.78 Å². The van der Waals surface area contributed by atoms with E-state index in [0.29, 0.717) is 11.0 Å². The monoisotopic (exact) mass is 283 g/mol. The molecular formula is C16H18BNO3. The molecule has 5 heteroatoms. The number of ether oxygens (including phenoxy) is 1. The van der Waals surface area contributed by atoms with Crippen molar-refractivity contribution < 1.29 is 14.3 Å². The van der Waals surface area contributed by atoms with Crippen molar-refractivity contribution in [3.05, 3.63) is 30.0 Å². The first-order valence-corrected chi connectivity index (χ1v) is 6.78. The zero-order chi connectivity index (χ0) is 15.8. The largest absolute Gasteiger partial charge is 0.459 e. The molecule has 0 atom stereocenters. The second kappa shape index (κ2) is 5.39. The van der Waals surface area contributed by atoms with E-state index in [9.17, 15) is 9.59 Å². The number of aromatic nitrogens is 1. The van der Waals surface area contributed by atoms with Gasteiger partial charge in [0.1, 0.15) is 20.0 Å². The highest BCUT2D eigenvalue weighted by atomic mass is 16.6. The van der Waals surface area contributed by atoms with Crippen molar-refractivity contribution in [1.82, 2.24) is 4.57 Å². The molecule has 4 nitrogen and oxygen atoms in total. The van der Waals surface area contributed by atoms with E-state index < -0.39 is 5.60 Å². The summed E-state index contributed by atoms with van der Waals surface area (Å²) in [5.41, 5.74) is 1.40. The Hall–Kier alpha value is -2.04. The normalized spacial score (nSPS) is 11.6. The summed E-state index contributed by atoms with van der Waals surface area (Å²) < 4.78 is 7.04. The van der Waals surface area contributed by atoms with Crippen LogP contribution in [0.5, 0.6) is 0 Å². The van der Waals surface area contributed by atoms with Crippen molar-refractivity contribution >= 4 is 36.0 Å². The summed E-state index contributed by atoms with van der Waals surface area (Å²) >= 11 is 0. The van der Waals surface area contributed by atoms with Gasteiger partial charge in [-0.3, -0.25) is 9.59 Å². The fourth-order valence-electron chi connectivity index (χ4n) is 2.24. The summed E-state index contributed by atoms with van der Waals surface area (Å²) in [6, 6.07) is 5.30. The van der Waals surface area contributed by atoms with Crippen LogP contribution in [-0.2, 0) is 16.1 Å². The Bertz CT molecular complexity index is 710. The minimum Gasteiger partial charge on any atom is -0.459 e. The molecule has 0 bridgehead atoms. The van der Waals surface area contributed by atoms with Crippen molar-refractivity contribution in [2.75, 3.05) is 0 Å². The number of esters is 1. The lowest BCUT2D eigenvalue weighted by Gasteiger charge is -2.19. The second-order valence-electron chi connectivity index (χ2n) is 6.09. The Morgan fingerprint density at radius 2 is 1.95 bits per heavy atom. The Labute approximate surface area is 125 Å². The molecule has 0 aliphatic heterocycles. The molecule has 21 heavy (non-hydrogen) atoms. The van der Waals surface area contributed by atoms with E-state index in [4.69, 9.17) is 12.6 Å². The number of hydrogen-bond acceptors (Lipinski definition) is 3. The van der Waals surface area contributed by atoms with E-state index in [1.54, 1.807) is 22.9 Å². The van der Waals surface area contributed by atoms with Crippen LogP contribution in [0.1, 0.15) is 38.1 Å². The van der Waals surface area contributed by atoms with Gasteiger partial charge in [0.2, 0.25) is 0 Å². The first-order chi connectivity index (χ1) is 9.67. The highest BCUT2D eigenvalue weighted by Crippen LogP contribution is 2.21. The number of benzene rings is 1. The van der Waals surface area contributed by atoms with Crippen LogP contribution in [0.15, 0.2) is 24.4 Å². The van der Waals surface area contributed by atoms with Crippen molar-refractivity contribution in [1.29, 1.82) is 0 Å². The van der Waals surface area contributed by atoms with Gasteiger partial charge >= 0.3 is 5.97 Å². The number of rotatable bonds is 3. The second-order valence-corrected chi connectivity index (χ2v) is 6.09. The summed E-state index contributed by atoms with van der Waals surface area (Å²) in [4.78, 5) is 23.7. The topological polar surface area (TPSA) is 48.3 Å². The third-order valence-corrected chi connectivity index (χ3v) is 3.00. The minimum absolute atomic E-state index is 0.0605. The maximum absolute atomic E-state index is 12.0. The Morgan fingerprint density at radius 3 is 2.52 bits per heavy atom. The van der Waals surface area contributed by atoms with Crippen LogP contribution in [0.4, 0.5) is 0 Å². The Kier molecular flexibility index (Phi) is 3.94. The van der Waals surface area contributed by atoms with Crippen LogP contribution in [-0.4, -0.2) is 29.8 Å².